The normalized spacial score (nSPS) is 11.1. The van der Waals surface area contributed by atoms with Crippen LogP contribution < -0.4 is 10.6 Å². The van der Waals surface area contributed by atoms with Gasteiger partial charge in [-0.15, -0.1) is 0 Å². The van der Waals surface area contributed by atoms with Crippen molar-refractivity contribution in [2.75, 3.05) is 39.5 Å². The minimum atomic E-state index is -0.242. The molecule has 32 heavy (non-hydrogen) atoms. The van der Waals surface area contributed by atoms with E-state index in [-0.39, 0.29) is 12.6 Å². The fourth-order valence-corrected chi connectivity index (χ4v) is 3.66. The molecule has 0 aliphatic carbocycles. The summed E-state index contributed by atoms with van der Waals surface area (Å²) in [5.74, 6) is 1.35. The lowest BCUT2D eigenvalue weighted by Crippen LogP contribution is -2.36. The Balaban J connectivity index is 1.66. The standard InChI is InChI=1S/C23H28Cl2N6O/c1-30(2)12-6-11-26-22-18-7-4-5-8-20(18)28-21(29-22)15-31(3)23(32)27-14-16-9-10-17(24)13-19(16)25/h4-5,7-10,13H,6,11-12,14-15H2,1-3H3,(H,27,32)(H,26,28,29). The largest absolute Gasteiger partial charge is 0.369 e. The highest BCUT2D eigenvalue weighted by Gasteiger charge is 2.14. The van der Waals surface area contributed by atoms with E-state index in [4.69, 9.17) is 23.2 Å². The van der Waals surface area contributed by atoms with Crippen molar-refractivity contribution < 1.29 is 4.79 Å². The van der Waals surface area contributed by atoms with E-state index in [2.05, 4.69) is 39.6 Å². The highest BCUT2D eigenvalue weighted by Crippen LogP contribution is 2.22. The number of nitrogens with zero attached hydrogens (tertiary/aromatic N) is 4. The number of nitrogens with one attached hydrogen (secondary N) is 2. The van der Waals surface area contributed by atoms with Crippen molar-refractivity contribution in [3.8, 4) is 0 Å². The van der Waals surface area contributed by atoms with Gasteiger partial charge >= 0.3 is 6.03 Å². The van der Waals surface area contributed by atoms with Crippen molar-refractivity contribution in [3.05, 3.63) is 63.9 Å². The van der Waals surface area contributed by atoms with Gasteiger partial charge in [0.15, 0.2) is 5.82 Å². The van der Waals surface area contributed by atoms with E-state index < -0.39 is 0 Å². The van der Waals surface area contributed by atoms with Gasteiger partial charge in [0.1, 0.15) is 5.82 Å². The summed E-state index contributed by atoms with van der Waals surface area (Å²) in [6, 6.07) is 12.8. The molecule has 0 saturated carbocycles. The minimum Gasteiger partial charge on any atom is -0.369 e. The Morgan fingerprint density at radius 3 is 2.59 bits per heavy atom. The van der Waals surface area contributed by atoms with E-state index in [1.807, 2.05) is 24.3 Å². The van der Waals surface area contributed by atoms with Gasteiger partial charge in [-0.2, -0.15) is 0 Å². The van der Waals surface area contributed by atoms with Crippen LogP contribution in [-0.4, -0.2) is 60.0 Å². The third-order valence-electron chi connectivity index (χ3n) is 4.89. The van der Waals surface area contributed by atoms with Gasteiger partial charge in [-0.25, -0.2) is 14.8 Å². The number of carbonyl (C=O) groups excluding carboxylic acids is 1. The molecule has 9 heteroatoms. The number of carbonyl (C=O) groups is 1. The molecule has 2 aromatic carbocycles. The van der Waals surface area contributed by atoms with Gasteiger partial charge in [0.05, 0.1) is 12.1 Å². The highest BCUT2D eigenvalue weighted by molar-refractivity contribution is 6.35. The summed E-state index contributed by atoms with van der Waals surface area (Å²) >= 11 is 12.1. The molecule has 0 aliphatic rings. The molecule has 0 spiro atoms. The number of amides is 2. The van der Waals surface area contributed by atoms with Crippen molar-refractivity contribution in [3.63, 3.8) is 0 Å². The topological polar surface area (TPSA) is 73.4 Å². The van der Waals surface area contributed by atoms with E-state index in [0.29, 0.717) is 22.4 Å². The van der Waals surface area contributed by atoms with Crippen molar-refractivity contribution in [1.82, 2.24) is 25.1 Å². The van der Waals surface area contributed by atoms with Crippen molar-refractivity contribution in [1.29, 1.82) is 0 Å². The second kappa shape index (κ2) is 11.3. The Labute approximate surface area is 198 Å². The van der Waals surface area contributed by atoms with Gasteiger partial charge in [0.2, 0.25) is 0 Å². The van der Waals surface area contributed by atoms with Gasteiger partial charge in [-0.3, -0.25) is 0 Å². The molecule has 170 valence electrons. The summed E-state index contributed by atoms with van der Waals surface area (Å²) in [7, 11) is 5.82. The third kappa shape index (κ3) is 6.69. The smallest absolute Gasteiger partial charge is 0.317 e. The molecule has 0 fully saturated rings. The zero-order valence-electron chi connectivity index (χ0n) is 18.5. The maximum atomic E-state index is 12.6. The molecule has 0 aliphatic heterocycles. The molecule has 1 heterocycles. The SMILES string of the molecule is CN(C)CCCNc1nc(CN(C)C(=O)NCc2ccc(Cl)cc2Cl)nc2ccccc12. The fraction of sp³-hybridized carbons (Fsp3) is 0.348. The lowest BCUT2D eigenvalue weighted by Gasteiger charge is -2.19. The summed E-state index contributed by atoms with van der Waals surface area (Å²) < 4.78 is 0. The predicted molar refractivity (Wildman–Crippen MR) is 131 cm³/mol. The number of halogens is 2. The quantitative estimate of drug-likeness (QED) is 0.441. The van der Waals surface area contributed by atoms with Crippen LogP contribution in [0.1, 0.15) is 17.8 Å². The monoisotopic (exact) mass is 474 g/mol. The Hall–Kier alpha value is -2.61. The van der Waals surface area contributed by atoms with Crippen LogP contribution in [0.2, 0.25) is 10.0 Å². The second-order valence-corrected chi connectivity index (χ2v) is 8.68. The summed E-state index contributed by atoms with van der Waals surface area (Å²) in [6.45, 7) is 2.37. The highest BCUT2D eigenvalue weighted by atomic mass is 35.5. The number of hydrogen-bond acceptors (Lipinski definition) is 5. The number of fused-ring (bicyclic) bond motifs is 1. The maximum Gasteiger partial charge on any atom is 0.317 e. The number of urea groups is 1. The number of rotatable bonds is 9. The van der Waals surface area contributed by atoms with E-state index in [0.717, 1.165) is 41.8 Å². The lowest BCUT2D eigenvalue weighted by molar-refractivity contribution is 0.205. The van der Waals surface area contributed by atoms with E-state index in [1.165, 1.54) is 0 Å². The van der Waals surface area contributed by atoms with Crippen molar-refractivity contribution in [2.24, 2.45) is 0 Å². The molecule has 7 nitrogen and oxygen atoms in total. The first-order chi connectivity index (χ1) is 15.3. The Morgan fingerprint density at radius 2 is 1.84 bits per heavy atom. The third-order valence-corrected chi connectivity index (χ3v) is 5.48. The number of para-hydroxylation sites is 1. The van der Waals surface area contributed by atoms with Crippen LogP contribution in [0, 0.1) is 0 Å². The van der Waals surface area contributed by atoms with Gasteiger partial charge in [-0.05, 0) is 56.9 Å². The molecule has 1 aromatic heterocycles. The summed E-state index contributed by atoms with van der Waals surface area (Å²) in [5.41, 5.74) is 1.64. The molecule has 0 radical (unpaired) electrons. The molecular weight excluding hydrogens is 447 g/mol. The average molecular weight is 475 g/mol. The van der Waals surface area contributed by atoms with Crippen LogP contribution >= 0.6 is 23.2 Å². The maximum absolute atomic E-state index is 12.6. The first kappa shape index (κ1) is 24.0. The molecule has 0 unspecified atom stereocenters. The molecule has 0 bridgehead atoms. The van der Waals surface area contributed by atoms with Crippen LogP contribution in [-0.2, 0) is 13.1 Å². The number of anilines is 1. The van der Waals surface area contributed by atoms with Gasteiger partial charge in [-0.1, -0.05) is 41.4 Å². The van der Waals surface area contributed by atoms with Crippen LogP contribution in [0.15, 0.2) is 42.5 Å². The van der Waals surface area contributed by atoms with Gasteiger partial charge in [0.25, 0.3) is 0 Å². The minimum absolute atomic E-state index is 0.242. The van der Waals surface area contributed by atoms with Crippen LogP contribution in [0.25, 0.3) is 10.9 Å². The van der Waals surface area contributed by atoms with Gasteiger partial charge < -0.3 is 20.4 Å². The summed E-state index contributed by atoms with van der Waals surface area (Å²) in [6.07, 6.45) is 0.996. The fourth-order valence-electron chi connectivity index (χ4n) is 3.19. The first-order valence-corrected chi connectivity index (χ1v) is 11.2. The summed E-state index contributed by atoms with van der Waals surface area (Å²) in [4.78, 5) is 25.6. The van der Waals surface area contributed by atoms with Crippen molar-refractivity contribution in [2.45, 2.75) is 19.5 Å². The molecule has 0 saturated heterocycles. The second-order valence-electron chi connectivity index (χ2n) is 7.84. The molecule has 2 amide bonds. The molecule has 2 N–H and O–H groups in total. The number of hydrogen-bond donors (Lipinski definition) is 2. The number of aromatic nitrogens is 2. The van der Waals surface area contributed by atoms with Crippen LogP contribution in [0.5, 0.6) is 0 Å². The molecule has 0 atom stereocenters. The Kier molecular flexibility index (Phi) is 8.50. The molecule has 3 rings (SSSR count). The summed E-state index contributed by atoms with van der Waals surface area (Å²) in [5, 5.41) is 8.33. The van der Waals surface area contributed by atoms with E-state index in [9.17, 15) is 4.79 Å². The Bertz CT molecular complexity index is 1080. The zero-order chi connectivity index (χ0) is 23.1. The van der Waals surface area contributed by atoms with E-state index >= 15 is 0 Å². The first-order valence-electron chi connectivity index (χ1n) is 10.4. The number of benzene rings is 2. The van der Waals surface area contributed by atoms with Gasteiger partial charge in [0, 0.05) is 35.6 Å². The molecule has 3 aromatic rings. The van der Waals surface area contributed by atoms with Crippen LogP contribution in [0.4, 0.5) is 10.6 Å². The van der Waals surface area contributed by atoms with Crippen LogP contribution in [0.3, 0.4) is 0 Å². The van der Waals surface area contributed by atoms with E-state index in [1.54, 1.807) is 30.1 Å². The lowest BCUT2D eigenvalue weighted by atomic mass is 10.2. The Morgan fingerprint density at radius 1 is 1.06 bits per heavy atom. The molecular formula is C23H28Cl2N6O. The average Bonchev–Trinajstić information content (AvgIpc) is 2.75. The van der Waals surface area contributed by atoms with Crippen molar-refractivity contribution >= 4 is 46.0 Å². The predicted octanol–water partition coefficient (Wildman–Crippen LogP) is 4.64. The zero-order valence-corrected chi connectivity index (χ0v) is 20.0.